The average molecular weight is 327 g/mol. The quantitative estimate of drug-likeness (QED) is 0.814. The third kappa shape index (κ3) is 4.75. The standard InChI is InChI=1S/C18H25N5O/c1-4-5-8-14(13-7-6-9-20-11-13)21-17(24)16-10-15(12(2)3)22-18(19)23-16/h6-7,9-12,14H,4-5,8H2,1-3H3,(H,21,24)(H2,19,22,23)/t14-/m0/s1. The maximum absolute atomic E-state index is 12.6. The van der Waals surface area contributed by atoms with Crippen molar-refractivity contribution in [2.45, 2.75) is 52.0 Å². The van der Waals surface area contributed by atoms with Crippen LogP contribution in [-0.2, 0) is 0 Å². The van der Waals surface area contributed by atoms with E-state index in [1.165, 1.54) is 0 Å². The molecule has 0 aromatic carbocycles. The molecule has 0 aliphatic heterocycles. The number of anilines is 1. The molecule has 3 N–H and O–H groups in total. The zero-order valence-corrected chi connectivity index (χ0v) is 14.5. The SMILES string of the molecule is CCCC[C@H](NC(=O)c1cc(C(C)C)nc(N)n1)c1cccnc1. The summed E-state index contributed by atoms with van der Waals surface area (Å²) in [6, 6.07) is 5.46. The van der Waals surface area contributed by atoms with Crippen LogP contribution in [0, 0.1) is 0 Å². The third-order valence-corrected chi connectivity index (χ3v) is 3.83. The summed E-state index contributed by atoms with van der Waals surface area (Å²) in [4.78, 5) is 25.1. The van der Waals surface area contributed by atoms with Gasteiger partial charge >= 0.3 is 0 Å². The van der Waals surface area contributed by atoms with E-state index in [-0.39, 0.29) is 23.8 Å². The van der Waals surface area contributed by atoms with Gasteiger partial charge in [-0.1, -0.05) is 39.7 Å². The number of unbranched alkanes of at least 4 members (excludes halogenated alkanes) is 1. The fourth-order valence-corrected chi connectivity index (χ4v) is 2.44. The van der Waals surface area contributed by atoms with Gasteiger partial charge in [0, 0.05) is 18.1 Å². The Balaban J connectivity index is 2.21. The molecule has 24 heavy (non-hydrogen) atoms. The summed E-state index contributed by atoms with van der Waals surface area (Å²) in [6.45, 7) is 6.13. The van der Waals surface area contributed by atoms with Crippen LogP contribution >= 0.6 is 0 Å². The number of carbonyl (C=O) groups excluding carboxylic acids is 1. The molecule has 0 aliphatic rings. The molecule has 6 heteroatoms. The molecule has 1 amide bonds. The fourth-order valence-electron chi connectivity index (χ4n) is 2.44. The van der Waals surface area contributed by atoms with Crippen molar-refractivity contribution in [3.05, 3.63) is 47.5 Å². The summed E-state index contributed by atoms with van der Waals surface area (Å²) in [5.74, 6) is 0.0600. The number of carbonyl (C=O) groups is 1. The number of amides is 1. The molecule has 0 fully saturated rings. The second-order valence-electron chi connectivity index (χ2n) is 6.15. The van der Waals surface area contributed by atoms with Gasteiger partial charge in [-0.25, -0.2) is 9.97 Å². The van der Waals surface area contributed by atoms with Crippen molar-refractivity contribution < 1.29 is 4.79 Å². The molecule has 0 aliphatic carbocycles. The number of pyridine rings is 1. The van der Waals surface area contributed by atoms with Crippen molar-refractivity contribution in [2.24, 2.45) is 0 Å². The lowest BCUT2D eigenvalue weighted by molar-refractivity contribution is 0.0928. The minimum Gasteiger partial charge on any atom is -0.368 e. The Morgan fingerprint density at radius 1 is 1.33 bits per heavy atom. The molecule has 0 spiro atoms. The number of hydrogen-bond acceptors (Lipinski definition) is 5. The van der Waals surface area contributed by atoms with Gasteiger partial charge in [0.2, 0.25) is 5.95 Å². The van der Waals surface area contributed by atoms with Gasteiger partial charge in [-0.05, 0) is 30.0 Å². The van der Waals surface area contributed by atoms with Crippen LogP contribution in [0.4, 0.5) is 5.95 Å². The van der Waals surface area contributed by atoms with Crippen LogP contribution in [-0.4, -0.2) is 20.9 Å². The monoisotopic (exact) mass is 327 g/mol. The van der Waals surface area contributed by atoms with Crippen molar-refractivity contribution in [2.75, 3.05) is 5.73 Å². The van der Waals surface area contributed by atoms with E-state index < -0.39 is 0 Å². The van der Waals surface area contributed by atoms with Crippen molar-refractivity contribution in [3.8, 4) is 0 Å². The highest BCUT2D eigenvalue weighted by atomic mass is 16.1. The maximum atomic E-state index is 12.6. The molecule has 2 aromatic heterocycles. The van der Waals surface area contributed by atoms with Crippen molar-refractivity contribution in [3.63, 3.8) is 0 Å². The minimum absolute atomic E-state index is 0.0927. The summed E-state index contributed by atoms with van der Waals surface area (Å²) < 4.78 is 0. The van der Waals surface area contributed by atoms with E-state index in [1.807, 2.05) is 26.0 Å². The molecule has 128 valence electrons. The Morgan fingerprint density at radius 2 is 2.12 bits per heavy atom. The molecular weight excluding hydrogens is 302 g/mol. The number of hydrogen-bond donors (Lipinski definition) is 2. The van der Waals surface area contributed by atoms with Crippen LogP contribution < -0.4 is 11.1 Å². The predicted octanol–water partition coefficient (Wildman–Crippen LogP) is 3.24. The largest absolute Gasteiger partial charge is 0.368 e. The summed E-state index contributed by atoms with van der Waals surface area (Å²) in [6.07, 6.45) is 6.44. The van der Waals surface area contributed by atoms with Crippen molar-refractivity contribution in [1.82, 2.24) is 20.3 Å². The molecule has 6 nitrogen and oxygen atoms in total. The minimum atomic E-state index is -0.240. The van der Waals surface area contributed by atoms with Gasteiger partial charge in [0.15, 0.2) is 0 Å². The molecule has 0 saturated heterocycles. The van der Waals surface area contributed by atoms with E-state index >= 15 is 0 Å². The van der Waals surface area contributed by atoms with E-state index in [2.05, 4.69) is 27.2 Å². The first-order valence-corrected chi connectivity index (χ1v) is 8.36. The Morgan fingerprint density at radius 3 is 2.75 bits per heavy atom. The van der Waals surface area contributed by atoms with Gasteiger partial charge in [-0.15, -0.1) is 0 Å². The van der Waals surface area contributed by atoms with Gasteiger partial charge in [0.1, 0.15) is 5.69 Å². The van der Waals surface area contributed by atoms with Crippen LogP contribution in [0.25, 0.3) is 0 Å². The van der Waals surface area contributed by atoms with Crippen LogP contribution in [0.15, 0.2) is 30.6 Å². The third-order valence-electron chi connectivity index (χ3n) is 3.83. The molecule has 2 rings (SSSR count). The lowest BCUT2D eigenvalue weighted by atomic mass is 10.0. The number of nitrogens with two attached hydrogens (primary N) is 1. The number of nitrogens with zero attached hydrogens (tertiary/aromatic N) is 3. The van der Waals surface area contributed by atoms with Gasteiger partial charge in [0.25, 0.3) is 5.91 Å². The maximum Gasteiger partial charge on any atom is 0.270 e. The number of nitrogens with one attached hydrogen (secondary N) is 1. The molecule has 0 radical (unpaired) electrons. The number of rotatable bonds is 7. The first-order valence-electron chi connectivity index (χ1n) is 8.36. The molecule has 0 unspecified atom stereocenters. The molecule has 2 aromatic rings. The smallest absolute Gasteiger partial charge is 0.270 e. The van der Waals surface area contributed by atoms with E-state index in [1.54, 1.807) is 18.5 Å². The van der Waals surface area contributed by atoms with E-state index in [0.29, 0.717) is 5.69 Å². The first kappa shape index (κ1) is 17.8. The second kappa shape index (κ2) is 8.38. The zero-order chi connectivity index (χ0) is 17.5. The van der Waals surface area contributed by atoms with E-state index in [9.17, 15) is 4.79 Å². The highest BCUT2D eigenvalue weighted by Gasteiger charge is 2.18. The van der Waals surface area contributed by atoms with Gasteiger partial charge < -0.3 is 11.1 Å². The Labute approximate surface area is 142 Å². The highest BCUT2D eigenvalue weighted by Crippen LogP contribution is 2.20. The van der Waals surface area contributed by atoms with Crippen LogP contribution in [0.2, 0.25) is 0 Å². The Hall–Kier alpha value is -2.50. The van der Waals surface area contributed by atoms with Crippen LogP contribution in [0.5, 0.6) is 0 Å². The van der Waals surface area contributed by atoms with E-state index in [4.69, 9.17) is 5.73 Å². The first-order chi connectivity index (χ1) is 11.5. The summed E-state index contributed by atoms with van der Waals surface area (Å²) in [7, 11) is 0. The predicted molar refractivity (Wildman–Crippen MR) is 94.5 cm³/mol. The van der Waals surface area contributed by atoms with Gasteiger partial charge in [0.05, 0.1) is 6.04 Å². The van der Waals surface area contributed by atoms with Gasteiger partial charge in [-0.2, -0.15) is 0 Å². The zero-order valence-electron chi connectivity index (χ0n) is 14.5. The molecule has 0 bridgehead atoms. The topological polar surface area (TPSA) is 93.8 Å². The number of aromatic nitrogens is 3. The van der Waals surface area contributed by atoms with Crippen LogP contribution in [0.3, 0.4) is 0 Å². The molecule has 1 atom stereocenters. The second-order valence-corrected chi connectivity index (χ2v) is 6.15. The number of nitrogen functional groups attached to an aromatic ring is 1. The molecular formula is C18H25N5O. The van der Waals surface area contributed by atoms with Crippen molar-refractivity contribution in [1.29, 1.82) is 0 Å². The molecule has 2 heterocycles. The Bertz CT molecular complexity index is 672. The average Bonchev–Trinajstić information content (AvgIpc) is 2.58. The summed E-state index contributed by atoms with van der Waals surface area (Å²) in [5, 5.41) is 3.05. The lowest BCUT2D eigenvalue weighted by Gasteiger charge is -2.19. The Kier molecular flexibility index (Phi) is 6.23. The summed E-state index contributed by atoms with van der Waals surface area (Å²) in [5.41, 5.74) is 7.80. The van der Waals surface area contributed by atoms with Gasteiger partial charge in [-0.3, -0.25) is 9.78 Å². The molecule has 0 saturated carbocycles. The van der Waals surface area contributed by atoms with E-state index in [0.717, 1.165) is 30.5 Å². The van der Waals surface area contributed by atoms with Crippen molar-refractivity contribution >= 4 is 11.9 Å². The highest BCUT2D eigenvalue weighted by molar-refractivity contribution is 5.92. The lowest BCUT2D eigenvalue weighted by Crippen LogP contribution is -2.30. The normalized spacial score (nSPS) is 12.2. The summed E-state index contributed by atoms with van der Waals surface area (Å²) >= 11 is 0. The van der Waals surface area contributed by atoms with Crippen LogP contribution in [0.1, 0.15) is 73.7 Å². The fraction of sp³-hybridized carbons (Fsp3) is 0.444.